The SMILES string of the molecule is CCOC(=O)c1nc2c(s1)Cc1ccc(C)cc1-2. The first-order valence-electron chi connectivity index (χ1n) is 5.95. The first kappa shape index (κ1) is 11.4. The van der Waals surface area contributed by atoms with Crippen molar-refractivity contribution in [1.82, 2.24) is 4.98 Å². The minimum Gasteiger partial charge on any atom is -0.461 e. The van der Waals surface area contributed by atoms with Crippen LogP contribution in [0.5, 0.6) is 0 Å². The molecule has 1 aromatic heterocycles. The molecule has 3 rings (SSSR count). The number of carbonyl (C=O) groups is 1. The number of hydrogen-bond acceptors (Lipinski definition) is 4. The highest BCUT2D eigenvalue weighted by Crippen LogP contribution is 2.39. The fourth-order valence-electron chi connectivity index (χ4n) is 2.20. The molecule has 1 aliphatic carbocycles. The Kier molecular flexibility index (Phi) is 2.67. The molecule has 2 aromatic rings. The molecule has 0 aliphatic heterocycles. The lowest BCUT2D eigenvalue weighted by Crippen LogP contribution is -2.03. The second-order valence-corrected chi connectivity index (χ2v) is 5.43. The van der Waals surface area contributed by atoms with Crippen molar-refractivity contribution >= 4 is 17.3 Å². The summed E-state index contributed by atoms with van der Waals surface area (Å²) in [6.07, 6.45) is 0.877. The Balaban J connectivity index is 2.02. The van der Waals surface area contributed by atoms with Gasteiger partial charge in [0.15, 0.2) is 0 Å². The van der Waals surface area contributed by atoms with E-state index in [2.05, 4.69) is 30.1 Å². The average molecular weight is 259 g/mol. The van der Waals surface area contributed by atoms with Crippen LogP contribution in [0.1, 0.15) is 32.7 Å². The molecule has 92 valence electrons. The van der Waals surface area contributed by atoms with Gasteiger partial charge in [0.05, 0.1) is 12.3 Å². The van der Waals surface area contributed by atoms with E-state index in [1.54, 1.807) is 6.92 Å². The van der Waals surface area contributed by atoms with Crippen LogP contribution in [0.15, 0.2) is 18.2 Å². The van der Waals surface area contributed by atoms with Crippen LogP contribution in [0.2, 0.25) is 0 Å². The van der Waals surface area contributed by atoms with Gasteiger partial charge in [-0.2, -0.15) is 0 Å². The molecule has 1 heterocycles. The highest BCUT2D eigenvalue weighted by Gasteiger charge is 2.25. The van der Waals surface area contributed by atoms with E-state index in [0.29, 0.717) is 11.6 Å². The van der Waals surface area contributed by atoms with Gasteiger partial charge < -0.3 is 4.74 Å². The van der Waals surface area contributed by atoms with Crippen molar-refractivity contribution in [3.05, 3.63) is 39.2 Å². The summed E-state index contributed by atoms with van der Waals surface area (Å²) in [5.41, 5.74) is 4.63. The molecular formula is C14H13NO2S. The monoisotopic (exact) mass is 259 g/mol. The van der Waals surface area contributed by atoms with Crippen molar-refractivity contribution in [2.45, 2.75) is 20.3 Å². The van der Waals surface area contributed by atoms with Crippen LogP contribution < -0.4 is 0 Å². The first-order chi connectivity index (χ1) is 8.69. The molecule has 0 saturated heterocycles. The molecule has 0 fully saturated rings. The van der Waals surface area contributed by atoms with Crippen LogP contribution in [0, 0.1) is 6.92 Å². The van der Waals surface area contributed by atoms with Crippen molar-refractivity contribution in [2.24, 2.45) is 0 Å². The zero-order chi connectivity index (χ0) is 12.7. The zero-order valence-corrected chi connectivity index (χ0v) is 11.1. The van der Waals surface area contributed by atoms with Gasteiger partial charge in [0.1, 0.15) is 0 Å². The lowest BCUT2D eigenvalue weighted by molar-refractivity contribution is 0.0526. The summed E-state index contributed by atoms with van der Waals surface area (Å²) in [7, 11) is 0. The highest BCUT2D eigenvalue weighted by atomic mass is 32.1. The summed E-state index contributed by atoms with van der Waals surface area (Å²) in [5.74, 6) is -0.314. The van der Waals surface area contributed by atoms with E-state index in [1.807, 2.05) is 0 Å². The number of carbonyl (C=O) groups excluding carboxylic acids is 1. The molecule has 0 spiro atoms. The van der Waals surface area contributed by atoms with Crippen molar-refractivity contribution in [3.8, 4) is 11.3 Å². The van der Waals surface area contributed by atoms with Crippen molar-refractivity contribution in [1.29, 1.82) is 0 Å². The molecule has 0 atom stereocenters. The number of hydrogen-bond donors (Lipinski definition) is 0. The molecular weight excluding hydrogens is 246 g/mol. The summed E-state index contributed by atoms with van der Waals surface area (Å²) in [4.78, 5) is 17.3. The molecule has 0 radical (unpaired) electrons. The van der Waals surface area contributed by atoms with Crippen LogP contribution in [0.4, 0.5) is 0 Å². The number of aromatic nitrogens is 1. The average Bonchev–Trinajstić information content (AvgIpc) is 2.87. The predicted molar refractivity (Wildman–Crippen MR) is 71.0 cm³/mol. The third-order valence-electron chi connectivity index (χ3n) is 3.02. The lowest BCUT2D eigenvalue weighted by atomic mass is 10.1. The number of aryl methyl sites for hydroxylation is 1. The minimum atomic E-state index is -0.314. The summed E-state index contributed by atoms with van der Waals surface area (Å²) < 4.78 is 4.99. The van der Waals surface area contributed by atoms with Crippen LogP contribution in [0.3, 0.4) is 0 Å². The quantitative estimate of drug-likeness (QED) is 0.663. The Bertz CT molecular complexity index is 631. The third kappa shape index (κ3) is 1.73. The van der Waals surface area contributed by atoms with Crippen molar-refractivity contribution in [2.75, 3.05) is 6.61 Å². The van der Waals surface area contributed by atoms with E-state index in [-0.39, 0.29) is 5.97 Å². The molecule has 0 N–H and O–H groups in total. The molecule has 0 bridgehead atoms. The van der Waals surface area contributed by atoms with Gasteiger partial charge in [0.25, 0.3) is 0 Å². The molecule has 0 saturated carbocycles. The van der Waals surface area contributed by atoms with Gasteiger partial charge in [-0.05, 0) is 25.5 Å². The third-order valence-corrected chi connectivity index (χ3v) is 4.05. The number of benzene rings is 1. The van der Waals surface area contributed by atoms with Crippen LogP contribution >= 0.6 is 11.3 Å². The second kappa shape index (κ2) is 4.21. The Morgan fingerprint density at radius 2 is 2.33 bits per heavy atom. The number of fused-ring (bicyclic) bond motifs is 3. The maximum Gasteiger partial charge on any atom is 0.367 e. The van der Waals surface area contributed by atoms with E-state index >= 15 is 0 Å². The molecule has 1 aliphatic rings. The Hall–Kier alpha value is -1.68. The zero-order valence-electron chi connectivity index (χ0n) is 10.3. The number of ether oxygens (including phenoxy) is 1. The van der Waals surface area contributed by atoms with E-state index in [4.69, 9.17) is 4.74 Å². The molecule has 0 amide bonds. The Morgan fingerprint density at radius 3 is 3.11 bits per heavy atom. The highest BCUT2D eigenvalue weighted by molar-refractivity contribution is 7.14. The summed E-state index contributed by atoms with van der Waals surface area (Å²) >= 11 is 1.45. The van der Waals surface area contributed by atoms with Gasteiger partial charge in [-0.25, -0.2) is 9.78 Å². The summed E-state index contributed by atoms with van der Waals surface area (Å²) in [6.45, 7) is 4.26. The van der Waals surface area contributed by atoms with Gasteiger partial charge in [-0.1, -0.05) is 17.7 Å². The maximum absolute atomic E-state index is 11.7. The van der Waals surface area contributed by atoms with E-state index in [9.17, 15) is 4.79 Å². The van der Waals surface area contributed by atoms with Crippen LogP contribution in [0.25, 0.3) is 11.3 Å². The van der Waals surface area contributed by atoms with Crippen molar-refractivity contribution in [3.63, 3.8) is 0 Å². The Morgan fingerprint density at radius 1 is 1.50 bits per heavy atom. The van der Waals surface area contributed by atoms with Gasteiger partial charge >= 0.3 is 5.97 Å². The van der Waals surface area contributed by atoms with Gasteiger partial charge in [0, 0.05) is 16.9 Å². The molecule has 0 unspecified atom stereocenters. The van der Waals surface area contributed by atoms with Crippen LogP contribution in [-0.4, -0.2) is 17.6 Å². The molecule has 1 aromatic carbocycles. The smallest absolute Gasteiger partial charge is 0.367 e. The summed E-state index contributed by atoms with van der Waals surface area (Å²) in [5, 5.41) is 0.467. The van der Waals surface area contributed by atoms with E-state index in [0.717, 1.165) is 17.7 Å². The van der Waals surface area contributed by atoms with Gasteiger partial charge in [-0.3, -0.25) is 0 Å². The largest absolute Gasteiger partial charge is 0.461 e. The van der Waals surface area contributed by atoms with E-state index in [1.165, 1.54) is 27.3 Å². The van der Waals surface area contributed by atoms with Gasteiger partial charge in [0.2, 0.25) is 5.01 Å². The standard InChI is InChI=1S/C14H13NO2S/c1-3-17-14(16)13-15-12-10-6-8(2)4-5-9(10)7-11(12)18-13/h4-6H,3,7H2,1-2H3. The Labute approximate surface area is 109 Å². The summed E-state index contributed by atoms with van der Waals surface area (Å²) in [6, 6.07) is 6.39. The maximum atomic E-state index is 11.7. The van der Waals surface area contributed by atoms with Gasteiger partial charge in [-0.15, -0.1) is 11.3 Å². The number of rotatable bonds is 2. The molecule has 4 heteroatoms. The van der Waals surface area contributed by atoms with Crippen LogP contribution in [-0.2, 0) is 11.2 Å². The fourth-order valence-corrected chi connectivity index (χ4v) is 3.19. The topological polar surface area (TPSA) is 39.2 Å². The predicted octanol–water partition coefficient (Wildman–Crippen LogP) is 3.20. The van der Waals surface area contributed by atoms with E-state index < -0.39 is 0 Å². The molecule has 3 nitrogen and oxygen atoms in total. The fraction of sp³-hybridized carbons (Fsp3) is 0.286. The first-order valence-corrected chi connectivity index (χ1v) is 6.77. The number of thiazole rings is 1. The number of esters is 1. The molecule has 18 heavy (non-hydrogen) atoms. The lowest BCUT2D eigenvalue weighted by Gasteiger charge is -2.01. The minimum absolute atomic E-state index is 0.314. The normalized spacial score (nSPS) is 12.1. The van der Waals surface area contributed by atoms with Crippen molar-refractivity contribution < 1.29 is 9.53 Å². The second-order valence-electron chi connectivity index (χ2n) is 4.35. The number of nitrogens with zero attached hydrogens (tertiary/aromatic N) is 1.